The van der Waals surface area contributed by atoms with Crippen LogP contribution in [-0.2, 0) is 14.8 Å². The Morgan fingerprint density at radius 3 is 2.52 bits per heavy atom. The largest absolute Gasteiger partial charge is 0.347 e. The molecule has 1 unspecified atom stereocenters. The molecule has 1 aliphatic rings. The van der Waals surface area contributed by atoms with Gasteiger partial charge < -0.3 is 20.9 Å². The number of amides is 3. The van der Waals surface area contributed by atoms with E-state index in [9.17, 15) is 22.8 Å². The standard InChI is InChI=1S/C27H29Cl2N7O5S/c1-35(2)12-5-10-23(37)31-17-6-3-7-19(14-17)42(40,41)36-13-11-18(16-36)32-27(39)25-22(15-30-34-25)33-26(38)24-20(28)8-4-9-21(24)29/h3-10,14-15,18H,11-13,16H2,1-2H3,(H,30,34)(H,31,37)(H,32,39)(H,33,38)/b10-5+. The van der Waals surface area contributed by atoms with E-state index in [-0.39, 0.29) is 50.9 Å². The average molecular weight is 635 g/mol. The highest BCUT2D eigenvalue weighted by atomic mass is 35.5. The Kier molecular flexibility index (Phi) is 10.0. The fraction of sp³-hybridized carbons (Fsp3) is 0.259. The first kappa shape index (κ1) is 31.2. The molecule has 1 fully saturated rings. The molecule has 2 heterocycles. The first-order chi connectivity index (χ1) is 20.0. The quantitative estimate of drug-likeness (QED) is 0.250. The fourth-order valence-electron chi connectivity index (χ4n) is 4.21. The Morgan fingerprint density at radius 2 is 1.81 bits per heavy atom. The van der Waals surface area contributed by atoms with E-state index < -0.39 is 27.9 Å². The van der Waals surface area contributed by atoms with Crippen molar-refractivity contribution in [1.29, 1.82) is 0 Å². The first-order valence-electron chi connectivity index (χ1n) is 12.8. The maximum atomic E-state index is 13.3. The van der Waals surface area contributed by atoms with Crippen LogP contribution in [0.5, 0.6) is 0 Å². The Labute approximate surface area is 253 Å². The number of hydrogen-bond donors (Lipinski definition) is 4. The second-order valence-electron chi connectivity index (χ2n) is 9.71. The van der Waals surface area contributed by atoms with Gasteiger partial charge in [-0.1, -0.05) is 41.4 Å². The number of nitrogens with one attached hydrogen (secondary N) is 4. The van der Waals surface area contributed by atoms with Gasteiger partial charge in [-0.25, -0.2) is 8.42 Å². The Hall–Kier alpha value is -3.75. The van der Waals surface area contributed by atoms with Crippen molar-refractivity contribution < 1.29 is 22.8 Å². The van der Waals surface area contributed by atoms with E-state index in [4.69, 9.17) is 23.2 Å². The van der Waals surface area contributed by atoms with Gasteiger partial charge >= 0.3 is 0 Å². The van der Waals surface area contributed by atoms with E-state index in [0.717, 1.165) is 0 Å². The van der Waals surface area contributed by atoms with Gasteiger partial charge in [0, 0.05) is 37.4 Å². The normalized spacial score (nSPS) is 15.7. The fourth-order valence-corrected chi connectivity index (χ4v) is 6.33. The Balaban J connectivity index is 1.38. The molecule has 1 aliphatic heterocycles. The van der Waals surface area contributed by atoms with Crippen LogP contribution >= 0.6 is 23.2 Å². The number of rotatable bonds is 10. The molecule has 1 aromatic heterocycles. The Morgan fingerprint density at radius 1 is 1.10 bits per heavy atom. The third-order valence-corrected chi connectivity index (χ3v) is 8.76. The lowest BCUT2D eigenvalue weighted by Gasteiger charge is -2.18. The summed E-state index contributed by atoms with van der Waals surface area (Å²) < 4.78 is 27.9. The molecule has 12 nitrogen and oxygen atoms in total. The van der Waals surface area contributed by atoms with Crippen molar-refractivity contribution in [2.75, 3.05) is 44.4 Å². The molecule has 15 heteroatoms. The molecule has 0 saturated carbocycles. The minimum absolute atomic E-state index is 0.0151. The van der Waals surface area contributed by atoms with Gasteiger partial charge in [0.1, 0.15) is 5.69 Å². The lowest BCUT2D eigenvalue weighted by atomic mass is 10.2. The molecule has 1 saturated heterocycles. The molecular weight excluding hydrogens is 605 g/mol. The van der Waals surface area contributed by atoms with E-state index >= 15 is 0 Å². The summed E-state index contributed by atoms with van der Waals surface area (Å²) >= 11 is 12.2. The number of sulfonamides is 1. The van der Waals surface area contributed by atoms with Crippen LogP contribution in [0.1, 0.15) is 27.3 Å². The molecule has 3 amide bonds. The van der Waals surface area contributed by atoms with Gasteiger partial charge in [0.25, 0.3) is 11.8 Å². The van der Waals surface area contributed by atoms with Crippen LogP contribution in [0.3, 0.4) is 0 Å². The molecule has 0 spiro atoms. The monoisotopic (exact) mass is 633 g/mol. The van der Waals surface area contributed by atoms with Gasteiger partial charge in [-0.2, -0.15) is 9.40 Å². The van der Waals surface area contributed by atoms with Crippen LogP contribution < -0.4 is 16.0 Å². The number of hydrogen-bond acceptors (Lipinski definition) is 7. The van der Waals surface area contributed by atoms with Crippen LogP contribution in [0.15, 0.2) is 65.7 Å². The predicted octanol–water partition coefficient (Wildman–Crippen LogP) is 3.22. The van der Waals surface area contributed by atoms with Gasteiger partial charge in [0.05, 0.1) is 32.4 Å². The zero-order valence-corrected chi connectivity index (χ0v) is 25.1. The number of benzene rings is 2. The number of anilines is 2. The summed E-state index contributed by atoms with van der Waals surface area (Å²) in [4.78, 5) is 39.9. The highest BCUT2D eigenvalue weighted by Crippen LogP contribution is 2.27. The van der Waals surface area contributed by atoms with E-state index in [1.807, 2.05) is 19.0 Å². The molecule has 0 aliphatic carbocycles. The van der Waals surface area contributed by atoms with Crippen molar-refractivity contribution in [3.8, 4) is 0 Å². The number of aromatic nitrogens is 2. The van der Waals surface area contributed by atoms with E-state index in [0.29, 0.717) is 18.7 Å². The van der Waals surface area contributed by atoms with Gasteiger partial charge in [0.2, 0.25) is 15.9 Å². The molecule has 4 N–H and O–H groups in total. The summed E-state index contributed by atoms with van der Waals surface area (Å²) in [6, 6.07) is 10.1. The molecular formula is C27H29Cl2N7O5S. The lowest BCUT2D eigenvalue weighted by molar-refractivity contribution is -0.111. The number of H-pyrrole nitrogens is 1. The van der Waals surface area contributed by atoms with E-state index in [1.165, 1.54) is 40.8 Å². The molecule has 2 aromatic carbocycles. The van der Waals surface area contributed by atoms with Crippen LogP contribution in [0.25, 0.3) is 0 Å². The number of carbonyl (C=O) groups is 3. The van der Waals surface area contributed by atoms with Crippen LogP contribution in [0.4, 0.5) is 11.4 Å². The third-order valence-electron chi connectivity index (χ3n) is 6.27. The highest BCUT2D eigenvalue weighted by molar-refractivity contribution is 7.89. The number of nitrogens with zero attached hydrogens (tertiary/aromatic N) is 3. The van der Waals surface area contributed by atoms with Crippen molar-refractivity contribution >= 4 is 62.3 Å². The first-order valence-corrected chi connectivity index (χ1v) is 15.0. The van der Waals surface area contributed by atoms with Gasteiger partial charge in [0.15, 0.2) is 0 Å². The maximum Gasteiger partial charge on any atom is 0.271 e. The molecule has 0 bridgehead atoms. The molecule has 1 atom stereocenters. The summed E-state index contributed by atoms with van der Waals surface area (Å²) in [5.41, 5.74) is 0.475. The highest BCUT2D eigenvalue weighted by Gasteiger charge is 2.34. The van der Waals surface area contributed by atoms with Gasteiger partial charge in [-0.3, -0.25) is 19.5 Å². The SMILES string of the molecule is CN(C)C/C=C/C(=O)Nc1cccc(S(=O)(=O)N2CCC(NC(=O)c3[nH]ncc3NC(=O)c3c(Cl)cccc3Cl)C2)c1. The summed E-state index contributed by atoms with van der Waals surface area (Å²) in [6.45, 7) is 0.792. The molecule has 42 heavy (non-hydrogen) atoms. The van der Waals surface area contributed by atoms with Crippen molar-refractivity contribution in [3.63, 3.8) is 0 Å². The summed E-state index contributed by atoms with van der Waals surface area (Å²) in [5.74, 6) is -1.58. The zero-order chi connectivity index (χ0) is 30.4. The van der Waals surface area contributed by atoms with Crippen LogP contribution in [-0.4, -0.2) is 85.3 Å². The van der Waals surface area contributed by atoms with Crippen molar-refractivity contribution in [2.45, 2.75) is 17.4 Å². The molecule has 0 radical (unpaired) electrons. The van der Waals surface area contributed by atoms with Crippen LogP contribution in [0.2, 0.25) is 10.0 Å². The zero-order valence-electron chi connectivity index (χ0n) is 22.7. The average Bonchev–Trinajstić information content (AvgIpc) is 3.58. The summed E-state index contributed by atoms with van der Waals surface area (Å²) in [6.07, 6.45) is 4.72. The maximum absolute atomic E-state index is 13.3. The number of likely N-dealkylation sites (N-methyl/N-ethyl adjacent to an activating group) is 1. The second kappa shape index (κ2) is 13.5. The van der Waals surface area contributed by atoms with Gasteiger partial charge in [-0.05, 0) is 50.8 Å². The van der Waals surface area contributed by atoms with Crippen molar-refractivity contribution in [2.24, 2.45) is 0 Å². The molecule has 4 rings (SSSR count). The van der Waals surface area contributed by atoms with E-state index in [2.05, 4.69) is 26.1 Å². The second-order valence-corrected chi connectivity index (χ2v) is 12.5. The number of carbonyl (C=O) groups excluding carboxylic acids is 3. The minimum Gasteiger partial charge on any atom is -0.347 e. The van der Waals surface area contributed by atoms with Gasteiger partial charge in [-0.15, -0.1) is 0 Å². The minimum atomic E-state index is -3.91. The van der Waals surface area contributed by atoms with Crippen LogP contribution in [0, 0.1) is 0 Å². The summed E-state index contributed by atoms with van der Waals surface area (Å²) in [7, 11) is -0.158. The predicted molar refractivity (Wildman–Crippen MR) is 160 cm³/mol. The number of halogens is 2. The smallest absolute Gasteiger partial charge is 0.271 e. The summed E-state index contributed by atoms with van der Waals surface area (Å²) in [5, 5.41) is 14.7. The molecule has 222 valence electrons. The third kappa shape index (κ3) is 7.55. The Bertz CT molecular complexity index is 1600. The number of aromatic amines is 1. The van der Waals surface area contributed by atoms with Crippen molar-refractivity contribution in [3.05, 3.63) is 82.1 Å². The van der Waals surface area contributed by atoms with Crippen molar-refractivity contribution in [1.82, 2.24) is 24.7 Å². The topological polar surface area (TPSA) is 157 Å². The lowest BCUT2D eigenvalue weighted by Crippen LogP contribution is -2.39. The molecule has 3 aromatic rings. The van der Waals surface area contributed by atoms with E-state index in [1.54, 1.807) is 24.3 Å².